The Morgan fingerprint density at radius 2 is 1.96 bits per heavy atom. The Hall–Kier alpha value is -3.15. The first kappa shape index (κ1) is 13.5. The van der Waals surface area contributed by atoms with Gasteiger partial charge in [0.05, 0.1) is 5.69 Å². The van der Waals surface area contributed by atoms with Crippen molar-refractivity contribution in [2.24, 2.45) is 0 Å². The van der Waals surface area contributed by atoms with Crippen LogP contribution in [0.2, 0.25) is 0 Å². The number of hydrogen-bond donors (Lipinski definition) is 0. The summed E-state index contributed by atoms with van der Waals surface area (Å²) < 4.78 is 12.7. The van der Waals surface area contributed by atoms with Crippen molar-refractivity contribution in [1.82, 2.24) is 19.5 Å². The number of pyridine rings is 1. The standard InChI is InChI=1S/C17H14N4O2/c1-12-18-17(20-23-12)13-5-7-15(8-6-13)22-11-14-10-21-9-3-2-4-16(21)19-14/h2-10H,11H2,1H3. The Morgan fingerprint density at radius 3 is 2.70 bits per heavy atom. The van der Waals surface area contributed by atoms with Gasteiger partial charge in [-0.2, -0.15) is 4.98 Å². The lowest BCUT2D eigenvalue weighted by molar-refractivity contribution is 0.302. The second-order valence-electron chi connectivity index (χ2n) is 5.15. The van der Waals surface area contributed by atoms with E-state index < -0.39 is 0 Å². The van der Waals surface area contributed by atoms with Crippen LogP contribution in [0.15, 0.2) is 59.4 Å². The van der Waals surface area contributed by atoms with Crippen molar-refractivity contribution in [3.8, 4) is 17.1 Å². The van der Waals surface area contributed by atoms with Gasteiger partial charge < -0.3 is 13.7 Å². The minimum absolute atomic E-state index is 0.419. The molecule has 0 saturated heterocycles. The van der Waals surface area contributed by atoms with Gasteiger partial charge in [0.15, 0.2) is 0 Å². The van der Waals surface area contributed by atoms with Crippen LogP contribution in [-0.4, -0.2) is 19.5 Å². The van der Waals surface area contributed by atoms with Gasteiger partial charge in [-0.05, 0) is 36.4 Å². The first-order valence-corrected chi connectivity index (χ1v) is 7.24. The molecule has 1 aromatic carbocycles. The summed E-state index contributed by atoms with van der Waals surface area (Å²) in [5, 5.41) is 3.89. The summed E-state index contributed by atoms with van der Waals surface area (Å²) in [6.45, 7) is 2.19. The summed E-state index contributed by atoms with van der Waals surface area (Å²) in [6, 6.07) is 13.5. The zero-order chi connectivity index (χ0) is 15.6. The van der Waals surface area contributed by atoms with E-state index >= 15 is 0 Å². The molecular formula is C17H14N4O2. The van der Waals surface area contributed by atoms with Crippen molar-refractivity contribution in [3.63, 3.8) is 0 Å². The Bertz CT molecular complexity index is 908. The van der Waals surface area contributed by atoms with E-state index in [4.69, 9.17) is 9.26 Å². The average Bonchev–Trinajstić information content (AvgIpc) is 3.19. The minimum Gasteiger partial charge on any atom is -0.487 e. The van der Waals surface area contributed by atoms with Gasteiger partial charge in [0.1, 0.15) is 18.0 Å². The molecule has 4 rings (SSSR count). The van der Waals surface area contributed by atoms with Crippen LogP contribution in [-0.2, 0) is 6.61 Å². The quantitative estimate of drug-likeness (QED) is 0.579. The smallest absolute Gasteiger partial charge is 0.223 e. The van der Waals surface area contributed by atoms with Crippen molar-refractivity contribution in [2.45, 2.75) is 13.5 Å². The Labute approximate surface area is 132 Å². The van der Waals surface area contributed by atoms with Crippen LogP contribution < -0.4 is 4.74 Å². The molecule has 0 bridgehead atoms. The van der Waals surface area contributed by atoms with E-state index in [0.717, 1.165) is 22.7 Å². The highest BCUT2D eigenvalue weighted by Gasteiger charge is 2.06. The lowest BCUT2D eigenvalue weighted by Crippen LogP contribution is -1.95. The molecule has 3 aromatic heterocycles. The first-order chi connectivity index (χ1) is 11.3. The van der Waals surface area contributed by atoms with Gasteiger partial charge in [0.2, 0.25) is 11.7 Å². The van der Waals surface area contributed by atoms with Gasteiger partial charge in [-0.15, -0.1) is 0 Å². The predicted molar refractivity (Wildman–Crippen MR) is 84.0 cm³/mol. The monoisotopic (exact) mass is 306 g/mol. The van der Waals surface area contributed by atoms with Crippen molar-refractivity contribution in [1.29, 1.82) is 0 Å². The molecule has 0 spiro atoms. The van der Waals surface area contributed by atoms with Gasteiger partial charge in [-0.3, -0.25) is 0 Å². The SMILES string of the molecule is Cc1nc(-c2ccc(OCc3cn4ccccc4n3)cc2)no1. The van der Waals surface area contributed by atoms with E-state index in [1.165, 1.54) is 0 Å². The molecule has 0 fully saturated rings. The Balaban J connectivity index is 1.46. The van der Waals surface area contributed by atoms with E-state index in [9.17, 15) is 0 Å². The number of hydrogen-bond acceptors (Lipinski definition) is 5. The molecular weight excluding hydrogens is 292 g/mol. The number of fused-ring (bicyclic) bond motifs is 1. The van der Waals surface area contributed by atoms with Crippen molar-refractivity contribution < 1.29 is 9.26 Å². The number of aromatic nitrogens is 4. The van der Waals surface area contributed by atoms with Crippen LogP contribution >= 0.6 is 0 Å². The molecule has 23 heavy (non-hydrogen) atoms. The summed E-state index contributed by atoms with van der Waals surface area (Å²) in [7, 11) is 0. The van der Waals surface area contributed by atoms with Crippen molar-refractivity contribution in [2.75, 3.05) is 0 Å². The van der Waals surface area contributed by atoms with E-state index in [2.05, 4.69) is 15.1 Å². The molecule has 6 heteroatoms. The van der Waals surface area contributed by atoms with Crippen LogP contribution in [0.25, 0.3) is 17.0 Å². The normalized spacial score (nSPS) is 11.0. The average molecular weight is 306 g/mol. The predicted octanol–water partition coefficient (Wildman–Crippen LogP) is 3.27. The lowest BCUT2D eigenvalue weighted by atomic mass is 10.2. The number of nitrogens with zero attached hydrogens (tertiary/aromatic N) is 4. The van der Waals surface area contributed by atoms with Crippen molar-refractivity contribution >= 4 is 5.65 Å². The zero-order valence-corrected chi connectivity index (χ0v) is 12.5. The third kappa shape index (κ3) is 2.78. The summed E-state index contributed by atoms with van der Waals surface area (Å²) in [6.07, 6.45) is 3.93. The van der Waals surface area contributed by atoms with Gasteiger partial charge in [0.25, 0.3) is 0 Å². The molecule has 0 amide bonds. The molecule has 114 valence electrons. The molecule has 0 unspecified atom stereocenters. The highest BCUT2D eigenvalue weighted by Crippen LogP contribution is 2.20. The number of aryl methyl sites for hydroxylation is 1. The summed E-state index contributed by atoms with van der Waals surface area (Å²) in [4.78, 5) is 8.70. The second-order valence-corrected chi connectivity index (χ2v) is 5.15. The molecule has 4 aromatic rings. The maximum atomic E-state index is 5.78. The maximum Gasteiger partial charge on any atom is 0.223 e. The van der Waals surface area contributed by atoms with Crippen molar-refractivity contribution in [3.05, 3.63) is 66.4 Å². The Kier molecular flexibility index (Phi) is 3.27. The minimum atomic E-state index is 0.419. The highest BCUT2D eigenvalue weighted by molar-refractivity contribution is 5.55. The third-order valence-electron chi connectivity index (χ3n) is 3.44. The molecule has 6 nitrogen and oxygen atoms in total. The molecule has 0 atom stereocenters. The third-order valence-corrected chi connectivity index (χ3v) is 3.44. The maximum absolute atomic E-state index is 5.78. The van der Waals surface area contributed by atoms with E-state index in [-0.39, 0.29) is 0 Å². The molecule has 0 N–H and O–H groups in total. The van der Waals surface area contributed by atoms with Crippen LogP contribution in [0.1, 0.15) is 11.6 Å². The highest BCUT2D eigenvalue weighted by atomic mass is 16.5. The van der Waals surface area contributed by atoms with Crippen LogP contribution in [0, 0.1) is 6.92 Å². The number of benzene rings is 1. The summed E-state index contributed by atoms with van der Waals surface area (Å²) in [5.41, 5.74) is 2.69. The molecule has 0 radical (unpaired) electrons. The molecule has 0 saturated carbocycles. The first-order valence-electron chi connectivity index (χ1n) is 7.24. The molecule has 0 aliphatic carbocycles. The second kappa shape index (κ2) is 5.57. The van der Waals surface area contributed by atoms with E-state index in [1.807, 2.05) is 59.3 Å². The van der Waals surface area contributed by atoms with Gasteiger partial charge in [-0.25, -0.2) is 4.98 Å². The number of imidazole rings is 1. The molecule has 3 heterocycles. The van der Waals surface area contributed by atoms with Crippen LogP contribution in [0.3, 0.4) is 0 Å². The fourth-order valence-corrected chi connectivity index (χ4v) is 2.33. The fraction of sp³-hybridized carbons (Fsp3) is 0.118. The Morgan fingerprint density at radius 1 is 1.09 bits per heavy atom. The largest absolute Gasteiger partial charge is 0.487 e. The number of ether oxygens (including phenoxy) is 1. The molecule has 0 aliphatic heterocycles. The summed E-state index contributed by atoms with van der Waals surface area (Å²) in [5.74, 6) is 1.90. The van der Waals surface area contributed by atoms with Gasteiger partial charge >= 0.3 is 0 Å². The fourth-order valence-electron chi connectivity index (χ4n) is 2.33. The topological polar surface area (TPSA) is 65.5 Å². The van der Waals surface area contributed by atoms with Crippen LogP contribution in [0.4, 0.5) is 0 Å². The van der Waals surface area contributed by atoms with Gasteiger partial charge in [-0.1, -0.05) is 11.2 Å². The molecule has 0 aliphatic rings. The van der Waals surface area contributed by atoms with E-state index in [0.29, 0.717) is 18.3 Å². The number of rotatable bonds is 4. The van der Waals surface area contributed by atoms with E-state index in [1.54, 1.807) is 6.92 Å². The van der Waals surface area contributed by atoms with Gasteiger partial charge in [0, 0.05) is 24.9 Å². The zero-order valence-electron chi connectivity index (χ0n) is 12.5. The lowest BCUT2D eigenvalue weighted by Gasteiger charge is -2.04. The summed E-state index contributed by atoms with van der Waals surface area (Å²) >= 11 is 0. The van der Waals surface area contributed by atoms with Crippen LogP contribution in [0.5, 0.6) is 5.75 Å².